The van der Waals surface area contributed by atoms with E-state index in [4.69, 9.17) is 15.9 Å². The van der Waals surface area contributed by atoms with Crippen molar-refractivity contribution in [2.45, 2.75) is 19.3 Å². The summed E-state index contributed by atoms with van der Waals surface area (Å²) in [6.07, 6.45) is -0.695. The summed E-state index contributed by atoms with van der Waals surface area (Å²) in [5.41, 5.74) is 5.30. The summed E-state index contributed by atoms with van der Waals surface area (Å²) in [5, 5.41) is 20.2. The van der Waals surface area contributed by atoms with Crippen LogP contribution in [0.25, 0.3) is 0 Å². The Morgan fingerprint density at radius 2 is 1.62 bits per heavy atom. The van der Waals surface area contributed by atoms with Crippen molar-refractivity contribution in [1.29, 1.82) is 0 Å². The number of nitrogens with one attached hydrogen (secondary N) is 1. The van der Waals surface area contributed by atoms with Crippen molar-refractivity contribution in [1.82, 2.24) is 10.2 Å². The predicted octanol–water partition coefficient (Wildman–Crippen LogP) is 0.363. The predicted molar refractivity (Wildman–Crippen MR) is 58.5 cm³/mol. The van der Waals surface area contributed by atoms with E-state index in [1.165, 1.54) is 0 Å². The molecule has 0 radical (unpaired) electrons. The van der Waals surface area contributed by atoms with Crippen molar-refractivity contribution in [3.63, 3.8) is 0 Å². The highest BCUT2D eigenvalue weighted by Gasteiger charge is 2.18. The zero-order valence-electron chi connectivity index (χ0n) is 9.19. The highest BCUT2D eigenvalue weighted by Crippen LogP contribution is 1.96. The number of hydrogen-bond acceptors (Lipinski definition) is 4. The number of carbonyl (C=O) groups is 2. The molecule has 0 bridgehead atoms. The molecule has 0 rings (SSSR count). The van der Waals surface area contributed by atoms with Gasteiger partial charge in [0.1, 0.15) is 0 Å². The summed E-state index contributed by atoms with van der Waals surface area (Å²) in [7, 11) is 0. The van der Waals surface area contributed by atoms with E-state index in [1.54, 1.807) is 0 Å². The first-order valence-corrected chi connectivity index (χ1v) is 5.23. The standard InChI is InChI=1S/C9H19N3O4/c10-4-3-6-11-5-1-2-7-12(8(13)14)9(15)16/h11H,1-7,10H2,(H,13,14)(H,15,16). The third-order valence-corrected chi connectivity index (χ3v) is 2.00. The summed E-state index contributed by atoms with van der Waals surface area (Å²) in [6, 6.07) is 0. The van der Waals surface area contributed by atoms with Crippen molar-refractivity contribution in [3.05, 3.63) is 0 Å². The van der Waals surface area contributed by atoms with Gasteiger partial charge in [-0.3, -0.25) is 0 Å². The maximum atomic E-state index is 10.5. The Morgan fingerprint density at radius 3 is 2.12 bits per heavy atom. The molecule has 0 aliphatic rings. The molecule has 0 aromatic heterocycles. The third-order valence-electron chi connectivity index (χ3n) is 2.00. The van der Waals surface area contributed by atoms with Crippen LogP contribution in [0.1, 0.15) is 19.3 Å². The van der Waals surface area contributed by atoms with E-state index in [0.29, 0.717) is 17.9 Å². The molecule has 2 amide bonds. The first kappa shape index (κ1) is 14.7. The van der Waals surface area contributed by atoms with E-state index < -0.39 is 12.2 Å². The highest BCUT2D eigenvalue weighted by molar-refractivity contribution is 5.85. The van der Waals surface area contributed by atoms with Crippen molar-refractivity contribution < 1.29 is 19.8 Å². The van der Waals surface area contributed by atoms with Gasteiger partial charge in [-0.05, 0) is 38.9 Å². The van der Waals surface area contributed by atoms with Gasteiger partial charge in [-0.1, -0.05) is 0 Å². The van der Waals surface area contributed by atoms with Crippen LogP contribution in [0.5, 0.6) is 0 Å². The number of amides is 2. The van der Waals surface area contributed by atoms with Gasteiger partial charge < -0.3 is 21.3 Å². The number of imide groups is 1. The van der Waals surface area contributed by atoms with Gasteiger partial charge in [0.25, 0.3) is 0 Å². The average Bonchev–Trinajstić information content (AvgIpc) is 2.21. The Balaban J connectivity index is 3.48. The lowest BCUT2D eigenvalue weighted by atomic mass is 10.3. The second kappa shape index (κ2) is 8.93. The Kier molecular flexibility index (Phi) is 8.18. The first-order chi connectivity index (χ1) is 7.59. The van der Waals surface area contributed by atoms with Crippen LogP contribution in [0.4, 0.5) is 9.59 Å². The molecule has 0 aliphatic carbocycles. The SMILES string of the molecule is NCCCNCCCCN(C(=O)O)C(=O)O. The zero-order chi connectivity index (χ0) is 12.4. The zero-order valence-corrected chi connectivity index (χ0v) is 9.19. The highest BCUT2D eigenvalue weighted by atomic mass is 16.4. The van der Waals surface area contributed by atoms with Crippen LogP contribution in [-0.2, 0) is 0 Å². The largest absolute Gasteiger partial charge is 0.465 e. The lowest BCUT2D eigenvalue weighted by Crippen LogP contribution is -2.35. The summed E-state index contributed by atoms with van der Waals surface area (Å²) in [5.74, 6) is 0. The van der Waals surface area contributed by atoms with E-state index in [1.807, 2.05) is 0 Å². The molecule has 0 aromatic carbocycles. The summed E-state index contributed by atoms with van der Waals surface area (Å²) >= 11 is 0. The van der Waals surface area contributed by atoms with Gasteiger partial charge >= 0.3 is 12.2 Å². The normalized spacial score (nSPS) is 10.1. The van der Waals surface area contributed by atoms with Crippen molar-refractivity contribution in [3.8, 4) is 0 Å². The lowest BCUT2D eigenvalue weighted by Gasteiger charge is -2.12. The van der Waals surface area contributed by atoms with Crippen LogP contribution in [0.2, 0.25) is 0 Å². The monoisotopic (exact) mass is 233 g/mol. The molecule has 0 atom stereocenters. The fraction of sp³-hybridized carbons (Fsp3) is 0.778. The van der Waals surface area contributed by atoms with Crippen molar-refractivity contribution in [2.75, 3.05) is 26.2 Å². The minimum Gasteiger partial charge on any atom is -0.465 e. The molecule has 7 nitrogen and oxygen atoms in total. The number of nitrogens with two attached hydrogens (primary N) is 1. The quantitative estimate of drug-likeness (QED) is 0.450. The molecule has 0 aliphatic heterocycles. The fourth-order valence-electron chi connectivity index (χ4n) is 1.15. The molecule has 0 fully saturated rings. The van der Waals surface area contributed by atoms with Crippen molar-refractivity contribution in [2.24, 2.45) is 5.73 Å². The van der Waals surface area contributed by atoms with Gasteiger partial charge in [0, 0.05) is 6.54 Å². The van der Waals surface area contributed by atoms with Crippen LogP contribution in [-0.4, -0.2) is 53.5 Å². The molecule has 0 aromatic rings. The van der Waals surface area contributed by atoms with Gasteiger partial charge in [-0.25, -0.2) is 14.5 Å². The van der Waals surface area contributed by atoms with E-state index in [0.717, 1.165) is 25.9 Å². The lowest BCUT2D eigenvalue weighted by molar-refractivity contribution is 0.122. The van der Waals surface area contributed by atoms with Crippen LogP contribution >= 0.6 is 0 Å². The second-order valence-corrected chi connectivity index (χ2v) is 3.32. The molecule has 0 unspecified atom stereocenters. The third kappa shape index (κ3) is 7.02. The minimum atomic E-state index is -1.43. The van der Waals surface area contributed by atoms with Crippen LogP contribution in [0.15, 0.2) is 0 Å². The number of unbranched alkanes of at least 4 members (excludes halogenated alkanes) is 1. The maximum absolute atomic E-state index is 10.5. The van der Waals surface area contributed by atoms with Gasteiger partial charge in [-0.15, -0.1) is 0 Å². The fourth-order valence-corrected chi connectivity index (χ4v) is 1.15. The molecule has 7 heteroatoms. The van der Waals surface area contributed by atoms with E-state index in [2.05, 4.69) is 5.32 Å². The molecule has 16 heavy (non-hydrogen) atoms. The summed E-state index contributed by atoms with van der Waals surface area (Å²) in [4.78, 5) is 21.3. The Hall–Kier alpha value is -1.34. The Labute approximate surface area is 94.2 Å². The van der Waals surface area contributed by atoms with Gasteiger partial charge in [0.15, 0.2) is 0 Å². The first-order valence-electron chi connectivity index (χ1n) is 5.23. The summed E-state index contributed by atoms with van der Waals surface area (Å²) < 4.78 is 0. The second-order valence-electron chi connectivity index (χ2n) is 3.32. The number of carboxylic acid groups (broad SMARTS) is 2. The number of rotatable bonds is 8. The maximum Gasteiger partial charge on any atom is 0.416 e. The van der Waals surface area contributed by atoms with Gasteiger partial charge in [-0.2, -0.15) is 0 Å². The van der Waals surface area contributed by atoms with Gasteiger partial charge in [0.05, 0.1) is 0 Å². The smallest absolute Gasteiger partial charge is 0.416 e. The topological polar surface area (TPSA) is 116 Å². The Bertz CT molecular complexity index is 209. The van der Waals surface area contributed by atoms with Crippen molar-refractivity contribution >= 4 is 12.2 Å². The Morgan fingerprint density at radius 1 is 1.06 bits per heavy atom. The molecule has 5 N–H and O–H groups in total. The molecule has 0 saturated carbocycles. The molecule has 94 valence electrons. The number of nitrogens with zero attached hydrogens (tertiary/aromatic N) is 1. The minimum absolute atomic E-state index is 0.0171. The summed E-state index contributed by atoms with van der Waals surface area (Å²) in [6.45, 7) is 2.23. The van der Waals surface area contributed by atoms with E-state index in [-0.39, 0.29) is 6.54 Å². The molecule has 0 spiro atoms. The van der Waals surface area contributed by atoms with Crippen LogP contribution in [0, 0.1) is 0 Å². The molecule has 0 heterocycles. The van der Waals surface area contributed by atoms with Crippen LogP contribution < -0.4 is 11.1 Å². The van der Waals surface area contributed by atoms with E-state index >= 15 is 0 Å². The van der Waals surface area contributed by atoms with Gasteiger partial charge in [0.2, 0.25) is 0 Å². The molecular weight excluding hydrogens is 214 g/mol. The molecular formula is C9H19N3O4. The average molecular weight is 233 g/mol. The van der Waals surface area contributed by atoms with E-state index in [9.17, 15) is 9.59 Å². The molecule has 0 saturated heterocycles. The number of hydrogen-bond donors (Lipinski definition) is 4. The van der Waals surface area contributed by atoms with Crippen LogP contribution in [0.3, 0.4) is 0 Å².